The Kier molecular flexibility index (Phi) is 4.12. The van der Waals surface area contributed by atoms with E-state index in [1.807, 2.05) is 23.1 Å². The summed E-state index contributed by atoms with van der Waals surface area (Å²) in [4.78, 5) is 14.5. The van der Waals surface area contributed by atoms with Crippen LogP contribution in [0.15, 0.2) is 18.2 Å². The van der Waals surface area contributed by atoms with Gasteiger partial charge in [-0.1, -0.05) is 6.07 Å². The summed E-state index contributed by atoms with van der Waals surface area (Å²) in [6.07, 6.45) is 5.36. The quantitative estimate of drug-likeness (QED) is 0.902. The first-order valence-corrected chi connectivity index (χ1v) is 8.67. The van der Waals surface area contributed by atoms with Gasteiger partial charge in [0.05, 0.1) is 6.42 Å². The number of fused-ring (bicyclic) bond motifs is 1. The summed E-state index contributed by atoms with van der Waals surface area (Å²) in [5, 5.41) is 3.65. The first-order chi connectivity index (χ1) is 11.3. The van der Waals surface area contributed by atoms with Crippen molar-refractivity contribution >= 4 is 5.91 Å². The number of nitrogens with one attached hydrogen (secondary N) is 1. The minimum absolute atomic E-state index is 0.213. The number of likely N-dealkylation sites (tertiary alicyclic amines) is 1. The van der Waals surface area contributed by atoms with E-state index < -0.39 is 0 Å². The molecule has 4 rings (SSSR count). The molecule has 0 spiro atoms. The largest absolute Gasteiger partial charge is 0.454 e. The molecular weight excluding hydrogens is 292 g/mol. The van der Waals surface area contributed by atoms with Gasteiger partial charge < -0.3 is 19.7 Å². The molecule has 1 saturated carbocycles. The van der Waals surface area contributed by atoms with Crippen molar-refractivity contribution in [2.45, 2.75) is 38.1 Å². The second-order valence-electron chi connectivity index (χ2n) is 6.87. The van der Waals surface area contributed by atoms with E-state index in [0.717, 1.165) is 55.5 Å². The van der Waals surface area contributed by atoms with Crippen LogP contribution in [-0.4, -0.2) is 43.3 Å². The number of benzene rings is 1. The summed E-state index contributed by atoms with van der Waals surface area (Å²) in [6, 6.07) is 6.35. The first-order valence-electron chi connectivity index (χ1n) is 8.67. The number of rotatable bonds is 5. The van der Waals surface area contributed by atoms with Gasteiger partial charge in [0, 0.05) is 19.1 Å². The zero-order valence-electron chi connectivity index (χ0n) is 13.4. The lowest BCUT2D eigenvalue weighted by Crippen LogP contribution is -2.45. The van der Waals surface area contributed by atoms with Gasteiger partial charge in [0.2, 0.25) is 12.7 Å². The molecule has 2 heterocycles. The third kappa shape index (κ3) is 3.61. The topological polar surface area (TPSA) is 50.8 Å². The fourth-order valence-corrected chi connectivity index (χ4v) is 3.33. The molecule has 1 N–H and O–H groups in total. The van der Waals surface area contributed by atoms with Crippen LogP contribution in [0.1, 0.15) is 31.2 Å². The Balaban J connectivity index is 1.26. The smallest absolute Gasteiger partial charge is 0.231 e. The molecular formula is C18H24N2O3. The second kappa shape index (κ2) is 6.40. The van der Waals surface area contributed by atoms with E-state index in [0.29, 0.717) is 12.5 Å². The molecule has 0 unspecified atom stereocenters. The van der Waals surface area contributed by atoms with E-state index in [9.17, 15) is 4.79 Å². The van der Waals surface area contributed by atoms with E-state index >= 15 is 0 Å². The summed E-state index contributed by atoms with van der Waals surface area (Å²) >= 11 is 0. The van der Waals surface area contributed by atoms with Crippen molar-refractivity contribution in [2.24, 2.45) is 5.92 Å². The Hall–Kier alpha value is -1.75. The fraction of sp³-hybridized carbons (Fsp3) is 0.611. The Labute approximate surface area is 136 Å². The molecule has 1 aromatic carbocycles. The summed E-state index contributed by atoms with van der Waals surface area (Å²) in [5.74, 6) is 2.65. The van der Waals surface area contributed by atoms with Gasteiger partial charge in [0.1, 0.15) is 0 Å². The van der Waals surface area contributed by atoms with Gasteiger partial charge in [0.15, 0.2) is 11.5 Å². The highest BCUT2D eigenvalue weighted by molar-refractivity contribution is 5.79. The molecule has 1 amide bonds. The maximum atomic E-state index is 12.5. The predicted molar refractivity (Wildman–Crippen MR) is 86.6 cm³/mol. The lowest BCUT2D eigenvalue weighted by molar-refractivity contribution is -0.131. The maximum Gasteiger partial charge on any atom is 0.231 e. The van der Waals surface area contributed by atoms with E-state index in [4.69, 9.17) is 9.47 Å². The molecule has 0 bridgehead atoms. The van der Waals surface area contributed by atoms with Gasteiger partial charge in [-0.25, -0.2) is 0 Å². The molecule has 1 aromatic rings. The molecule has 2 aliphatic heterocycles. The fourth-order valence-electron chi connectivity index (χ4n) is 3.33. The van der Waals surface area contributed by atoms with Crippen LogP contribution < -0.4 is 14.8 Å². The zero-order chi connectivity index (χ0) is 15.6. The molecule has 1 saturated heterocycles. The molecule has 5 heteroatoms. The van der Waals surface area contributed by atoms with E-state index in [-0.39, 0.29) is 12.7 Å². The Bertz CT molecular complexity index is 578. The predicted octanol–water partition coefficient (Wildman–Crippen LogP) is 1.95. The van der Waals surface area contributed by atoms with Gasteiger partial charge in [-0.15, -0.1) is 0 Å². The van der Waals surface area contributed by atoms with Crippen LogP contribution in [-0.2, 0) is 11.2 Å². The third-order valence-corrected chi connectivity index (χ3v) is 5.03. The van der Waals surface area contributed by atoms with Crippen molar-refractivity contribution in [1.82, 2.24) is 10.2 Å². The maximum absolute atomic E-state index is 12.5. The van der Waals surface area contributed by atoms with Gasteiger partial charge >= 0.3 is 0 Å². The number of carbonyl (C=O) groups excluding carboxylic acids is 1. The molecule has 0 radical (unpaired) electrons. The van der Waals surface area contributed by atoms with E-state index in [2.05, 4.69) is 5.32 Å². The highest BCUT2D eigenvalue weighted by atomic mass is 16.7. The van der Waals surface area contributed by atoms with E-state index in [1.54, 1.807) is 0 Å². The molecule has 1 aliphatic carbocycles. The van der Waals surface area contributed by atoms with Crippen LogP contribution in [0, 0.1) is 5.92 Å². The molecule has 3 aliphatic rings. The minimum Gasteiger partial charge on any atom is -0.454 e. The SMILES string of the molecule is O=C(Cc1ccc2c(c1)OCO2)N1CCC(NCC2CC2)CC1. The average Bonchev–Trinajstić information content (AvgIpc) is 3.29. The monoisotopic (exact) mass is 316 g/mol. The normalized spacial score (nSPS) is 20.8. The van der Waals surface area contributed by atoms with Crippen molar-refractivity contribution in [1.29, 1.82) is 0 Å². The van der Waals surface area contributed by atoms with Crippen LogP contribution in [0.5, 0.6) is 11.5 Å². The summed E-state index contributed by atoms with van der Waals surface area (Å²) in [7, 11) is 0. The lowest BCUT2D eigenvalue weighted by Gasteiger charge is -2.32. The van der Waals surface area contributed by atoms with Crippen molar-refractivity contribution in [2.75, 3.05) is 26.4 Å². The Morgan fingerprint density at radius 1 is 1.13 bits per heavy atom. The highest BCUT2D eigenvalue weighted by Crippen LogP contribution is 2.32. The molecule has 23 heavy (non-hydrogen) atoms. The molecule has 0 atom stereocenters. The molecule has 5 nitrogen and oxygen atoms in total. The van der Waals surface area contributed by atoms with Crippen LogP contribution >= 0.6 is 0 Å². The molecule has 124 valence electrons. The number of piperidine rings is 1. The van der Waals surface area contributed by atoms with E-state index in [1.165, 1.54) is 12.8 Å². The minimum atomic E-state index is 0.213. The van der Waals surface area contributed by atoms with Crippen LogP contribution in [0.3, 0.4) is 0 Å². The number of carbonyl (C=O) groups is 1. The molecule has 0 aromatic heterocycles. The number of hydrogen-bond donors (Lipinski definition) is 1. The number of ether oxygens (including phenoxy) is 2. The van der Waals surface area contributed by atoms with Crippen molar-refractivity contribution in [3.05, 3.63) is 23.8 Å². The van der Waals surface area contributed by atoms with Crippen LogP contribution in [0.25, 0.3) is 0 Å². The van der Waals surface area contributed by atoms with Gasteiger partial charge in [0.25, 0.3) is 0 Å². The van der Waals surface area contributed by atoms with Crippen molar-refractivity contribution in [3.63, 3.8) is 0 Å². The summed E-state index contributed by atoms with van der Waals surface area (Å²) in [6.45, 7) is 3.17. The molecule has 2 fully saturated rings. The second-order valence-corrected chi connectivity index (χ2v) is 6.87. The zero-order valence-corrected chi connectivity index (χ0v) is 13.4. The first kappa shape index (κ1) is 14.8. The van der Waals surface area contributed by atoms with Crippen molar-refractivity contribution in [3.8, 4) is 11.5 Å². The Morgan fingerprint density at radius 3 is 2.70 bits per heavy atom. The standard InChI is InChI=1S/C18H24N2O3/c21-18(10-14-3-4-16-17(9-14)23-12-22-16)20-7-5-15(6-8-20)19-11-13-1-2-13/h3-4,9,13,15,19H,1-2,5-8,10-12H2. The number of nitrogens with zero attached hydrogens (tertiary/aromatic N) is 1. The van der Waals surface area contributed by atoms with Crippen LogP contribution in [0.4, 0.5) is 0 Å². The van der Waals surface area contributed by atoms with Gasteiger partial charge in [-0.2, -0.15) is 0 Å². The highest BCUT2D eigenvalue weighted by Gasteiger charge is 2.26. The van der Waals surface area contributed by atoms with Gasteiger partial charge in [-0.3, -0.25) is 4.79 Å². The number of amides is 1. The number of hydrogen-bond acceptors (Lipinski definition) is 4. The van der Waals surface area contributed by atoms with Gasteiger partial charge in [-0.05, 0) is 55.8 Å². The average molecular weight is 316 g/mol. The Morgan fingerprint density at radius 2 is 1.91 bits per heavy atom. The lowest BCUT2D eigenvalue weighted by atomic mass is 10.0. The third-order valence-electron chi connectivity index (χ3n) is 5.03. The van der Waals surface area contributed by atoms with Crippen LogP contribution in [0.2, 0.25) is 0 Å². The van der Waals surface area contributed by atoms with Crippen molar-refractivity contribution < 1.29 is 14.3 Å². The summed E-state index contributed by atoms with van der Waals surface area (Å²) < 4.78 is 10.7. The summed E-state index contributed by atoms with van der Waals surface area (Å²) in [5.41, 5.74) is 0.994.